The van der Waals surface area contributed by atoms with Crippen LogP contribution in [-0.4, -0.2) is 250 Å². The van der Waals surface area contributed by atoms with Gasteiger partial charge >= 0.3 is 0 Å². The summed E-state index contributed by atoms with van der Waals surface area (Å²) in [7, 11) is 5.41. The molecule has 0 radical (unpaired) electrons. The number of rotatable bonds is 14. The number of carbonyl (C=O) groups excluding carboxylic acids is 13. The molecule has 3 heterocycles. The summed E-state index contributed by atoms with van der Waals surface area (Å²) in [6, 6.07) is 3.53. The van der Waals surface area contributed by atoms with Gasteiger partial charge in [-0.05, 0) is 122 Å². The number of likely N-dealkylation sites (tertiary alicyclic amines) is 1. The minimum atomic E-state index is -1.67. The molecule has 13 amide bonds. The van der Waals surface area contributed by atoms with Crippen LogP contribution in [0.4, 0.5) is 0 Å². The molecule has 0 saturated carbocycles. The Balaban J connectivity index is 1.63. The normalized spacial score (nSPS) is 27.3. The van der Waals surface area contributed by atoms with Gasteiger partial charge in [-0.25, -0.2) is 0 Å². The molecular formula is C74H115N13O15. The van der Waals surface area contributed by atoms with E-state index in [2.05, 4.69) is 37.2 Å². The van der Waals surface area contributed by atoms with Gasteiger partial charge in [0.2, 0.25) is 76.8 Å². The third-order valence-corrected chi connectivity index (χ3v) is 20.0. The summed E-state index contributed by atoms with van der Waals surface area (Å²) in [6.07, 6.45) is 0.710. The SMILES string of the molecule is CC[C@H](C)[C@@]1(C)C(=O)N[C@@H](CC(C)C)C(=O)N2CCC[C@H]2C(=O)N[C@@H]([C@@H](C)O)C(=O)N(C)[C@@H](C)C(=O)N[C@@H](Cc2ccccc2)C(=O)N[C@H](C(=O)N2CCCCC2)CC(=O)N(C)[C@@H](C)C(=O)N[C@@H](Cc2ccccc2)C(=O)N(C)[C@@H](CC(C)C)C(=O)N[C@@H](COC(C)(C)C)C(=O)NCC(=O)N1C. The lowest BCUT2D eigenvalue weighted by molar-refractivity contribution is -0.151. The van der Waals surface area contributed by atoms with Crippen molar-refractivity contribution in [1.82, 2.24) is 66.6 Å². The molecule has 3 aliphatic heterocycles. The van der Waals surface area contributed by atoms with E-state index in [-0.39, 0.29) is 50.5 Å². The van der Waals surface area contributed by atoms with E-state index in [1.807, 2.05) is 34.6 Å². The van der Waals surface area contributed by atoms with Crippen LogP contribution in [0.1, 0.15) is 159 Å². The fourth-order valence-corrected chi connectivity index (χ4v) is 12.8. The van der Waals surface area contributed by atoms with Gasteiger partial charge in [0.1, 0.15) is 66.0 Å². The van der Waals surface area contributed by atoms with Crippen molar-refractivity contribution in [3.63, 3.8) is 0 Å². The highest BCUT2D eigenvalue weighted by molar-refractivity contribution is 6.01. The summed E-state index contributed by atoms with van der Waals surface area (Å²) in [4.78, 5) is 199. The van der Waals surface area contributed by atoms with Crippen LogP contribution in [0.5, 0.6) is 0 Å². The molecule has 3 saturated heterocycles. The molecule has 0 spiro atoms. The molecule has 0 aromatic heterocycles. The molecule has 102 heavy (non-hydrogen) atoms. The Morgan fingerprint density at radius 3 is 1.66 bits per heavy atom. The minimum absolute atomic E-state index is 0.0639. The molecule has 13 atom stereocenters. The molecular weight excluding hydrogens is 1310 g/mol. The monoisotopic (exact) mass is 1430 g/mol. The van der Waals surface area contributed by atoms with Gasteiger partial charge in [0.05, 0.1) is 31.3 Å². The quantitative estimate of drug-likeness (QED) is 0.134. The second-order valence-electron chi connectivity index (χ2n) is 29.7. The Morgan fingerprint density at radius 1 is 0.578 bits per heavy atom. The average Bonchev–Trinajstić information content (AvgIpc) is 1.03. The van der Waals surface area contributed by atoms with E-state index in [1.165, 1.54) is 68.6 Å². The largest absolute Gasteiger partial charge is 0.391 e. The number of amides is 13. The molecule has 2 aromatic rings. The zero-order valence-electron chi connectivity index (χ0n) is 63.0. The van der Waals surface area contributed by atoms with Gasteiger partial charge in [-0.2, -0.15) is 0 Å². The average molecular weight is 1430 g/mol. The Hall–Kier alpha value is -8.53. The van der Waals surface area contributed by atoms with Crippen molar-refractivity contribution < 1.29 is 72.2 Å². The molecule has 0 unspecified atom stereocenters. The number of carbonyl (C=O) groups is 13. The van der Waals surface area contributed by atoms with E-state index in [0.29, 0.717) is 49.9 Å². The van der Waals surface area contributed by atoms with Crippen LogP contribution < -0.4 is 37.2 Å². The zero-order valence-corrected chi connectivity index (χ0v) is 63.0. The summed E-state index contributed by atoms with van der Waals surface area (Å²) in [6.45, 7) is 21.4. The second kappa shape index (κ2) is 38.1. The fourth-order valence-electron chi connectivity index (χ4n) is 12.8. The van der Waals surface area contributed by atoms with Gasteiger partial charge in [-0.1, -0.05) is 109 Å². The predicted octanol–water partition coefficient (Wildman–Crippen LogP) is 1.98. The number of ether oxygens (including phenoxy) is 1. The van der Waals surface area contributed by atoms with Crippen LogP contribution in [0.2, 0.25) is 0 Å². The lowest BCUT2D eigenvalue weighted by atomic mass is 9.82. The number of benzene rings is 2. The van der Waals surface area contributed by atoms with E-state index < -0.39 is 180 Å². The van der Waals surface area contributed by atoms with Gasteiger partial charge < -0.3 is 76.5 Å². The van der Waals surface area contributed by atoms with Crippen molar-refractivity contribution in [2.75, 3.05) is 61.0 Å². The maximum Gasteiger partial charge on any atom is 0.248 e. The molecule has 2 aromatic carbocycles. The Kier molecular flexibility index (Phi) is 31.4. The summed E-state index contributed by atoms with van der Waals surface area (Å²) in [5.74, 6) is -11.0. The lowest BCUT2D eigenvalue weighted by Gasteiger charge is -2.43. The number of nitrogens with zero attached hydrogens (tertiary/aromatic N) is 6. The lowest BCUT2D eigenvalue weighted by Crippen LogP contribution is -2.65. The van der Waals surface area contributed by atoms with Crippen molar-refractivity contribution in [3.8, 4) is 0 Å². The summed E-state index contributed by atoms with van der Waals surface area (Å²) in [5, 5.41) is 30.4. The van der Waals surface area contributed by atoms with E-state index in [1.54, 1.807) is 95.3 Å². The van der Waals surface area contributed by atoms with Crippen molar-refractivity contribution in [2.45, 2.75) is 238 Å². The Labute approximate surface area is 602 Å². The van der Waals surface area contributed by atoms with E-state index in [0.717, 1.165) is 16.2 Å². The standard InChI is InChI=1S/C74H115N13O15/c1-18-46(6)74(13)72(101)80-53(37-44(2)3)70(99)87-36-28-33-57(87)66(95)81-61(49(9)88)71(100)83(15)48(8)63(92)76-52(39-50-29-22-19-23-30-50)65(94)78-55(69(98)86-34-26-21-27-35-86)41-59(89)82(14)47(7)62(91)77-54(40-51-31-24-20-25-32-51)68(97)84(16)58(38-45(4)5)67(96)79-56(43-102-73(10,11)12)64(93)75-42-60(90)85(74)17/h19-20,22-25,29-32,44-49,52-58,61,88H,18,21,26-28,33-43H2,1-17H3,(H,75,93)(H,76,92)(H,77,91)(H,78,94)(H,79,96)(H,80,101)(H,81,95)/t46-,47-,48-,49+,52-,53-,54-,55-,56-,57-,58-,61-,74-/m0/s1. The van der Waals surface area contributed by atoms with Crippen LogP contribution in [0.15, 0.2) is 60.7 Å². The molecule has 0 aliphatic carbocycles. The van der Waals surface area contributed by atoms with E-state index in [4.69, 9.17) is 4.74 Å². The molecule has 3 fully saturated rings. The number of hydrogen-bond acceptors (Lipinski definition) is 15. The van der Waals surface area contributed by atoms with Crippen molar-refractivity contribution in [1.29, 1.82) is 0 Å². The van der Waals surface area contributed by atoms with Crippen LogP contribution in [-0.2, 0) is 79.9 Å². The number of piperidine rings is 1. The third-order valence-electron chi connectivity index (χ3n) is 20.0. The van der Waals surface area contributed by atoms with Crippen molar-refractivity contribution in [3.05, 3.63) is 71.8 Å². The minimum Gasteiger partial charge on any atom is -0.391 e. The molecule has 0 bridgehead atoms. The number of likely N-dealkylation sites (N-methyl/N-ethyl adjacent to an activating group) is 4. The molecule has 566 valence electrons. The highest BCUT2D eigenvalue weighted by atomic mass is 16.5. The first-order chi connectivity index (χ1) is 47.8. The second-order valence-corrected chi connectivity index (χ2v) is 29.7. The van der Waals surface area contributed by atoms with Crippen molar-refractivity contribution >= 4 is 76.8 Å². The topological polar surface area (TPSA) is 355 Å². The highest BCUT2D eigenvalue weighted by Gasteiger charge is 2.48. The van der Waals surface area contributed by atoms with Crippen molar-refractivity contribution in [2.24, 2.45) is 17.8 Å². The number of nitrogens with one attached hydrogen (secondary N) is 7. The molecule has 28 nitrogen and oxygen atoms in total. The first-order valence-corrected chi connectivity index (χ1v) is 36.0. The fraction of sp³-hybridized carbons (Fsp3) is 0.662. The molecule has 28 heteroatoms. The Bertz CT molecular complexity index is 3250. The van der Waals surface area contributed by atoms with E-state index in [9.17, 15) is 57.8 Å². The number of fused-ring (bicyclic) bond motifs is 1. The van der Waals surface area contributed by atoms with Gasteiger partial charge in [0.25, 0.3) is 0 Å². The van der Waals surface area contributed by atoms with Gasteiger partial charge in [-0.3, -0.25) is 62.3 Å². The summed E-state index contributed by atoms with van der Waals surface area (Å²) < 4.78 is 6.07. The smallest absolute Gasteiger partial charge is 0.248 e. The van der Waals surface area contributed by atoms with Gasteiger partial charge in [0.15, 0.2) is 0 Å². The summed E-state index contributed by atoms with van der Waals surface area (Å²) in [5.41, 5.74) is -1.31. The first kappa shape index (κ1) is 84.1. The first-order valence-electron chi connectivity index (χ1n) is 36.0. The van der Waals surface area contributed by atoms with Crippen LogP contribution in [0.25, 0.3) is 0 Å². The number of hydrogen-bond donors (Lipinski definition) is 8. The Morgan fingerprint density at radius 2 is 1.12 bits per heavy atom. The van der Waals surface area contributed by atoms with Gasteiger partial charge in [0, 0.05) is 60.7 Å². The van der Waals surface area contributed by atoms with E-state index >= 15 is 9.59 Å². The maximum atomic E-state index is 15.1. The van der Waals surface area contributed by atoms with Crippen LogP contribution >= 0.6 is 0 Å². The predicted molar refractivity (Wildman–Crippen MR) is 383 cm³/mol. The summed E-state index contributed by atoms with van der Waals surface area (Å²) >= 11 is 0. The molecule has 8 N–H and O–H groups in total. The zero-order chi connectivity index (χ0) is 76.2. The maximum absolute atomic E-state index is 15.1. The number of aliphatic hydroxyl groups is 1. The number of aliphatic hydroxyl groups excluding tert-OH is 1. The van der Waals surface area contributed by atoms with Crippen LogP contribution in [0.3, 0.4) is 0 Å². The van der Waals surface area contributed by atoms with Gasteiger partial charge in [-0.15, -0.1) is 0 Å². The molecule has 5 rings (SSSR count). The third kappa shape index (κ3) is 23.0. The molecule has 3 aliphatic rings. The highest BCUT2D eigenvalue weighted by Crippen LogP contribution is 2.29. The van der Waals surface area contributed by atoms with Crippen LogP contribution in [0, 0.1) is 17.8 Å².